The molecule has 0 aliphatic rings. The molecule has 0 saturated carbocycles. The molecule has 4 nitrogen and oxygen atoms in total. The first-order valence-electron chi connectivity index (χ1n) is 5.52. The van der Waals surface area contributed by atoms with Crippen LogP contribution in [0.4, 0.5) is 0 Å². The second-order valence-corrected chi connectivity index (χ2v) is 5.40. The highest BCUT2D eigenvalue weighted by atomic mass is 32.2. The van der Waals surface area contributed by atoms with Crippen LogP contribution in [0.15, 0.2) is 30.3 Å². The number of carbonyl (C=O) groups is 1. The third-order valence-electron chi connectivity index (χ3n) is 2.24. The standard InChI is InChI=1S/C12H16N2O2S2/c13-10(11(15)16)8-18-12(17)14-7-6-9-4-2-1-3-5-9/h1-5,10H,6-8,13H2,(H,14,17)(H,15,16)/t10-/m0/s1/i7+2. The second kappa shape index (κ2) is 8.07. The SMILES string of the molecule is N[C@@H](CSC(=S)N[14CH2]Cc1ccccc1)C(=O)O. The monoisotopic (exact) mass is 286 g/mol. The predicted molar refractivity (Wildman–Crippen MR) is 78.8 cm³/mol. The summed E-state index contributed by atoms with van der Waals surface area (Å²) < 4.78 is 0.586. The van der Waals surface area contributed by atoms with E-state index in [1.54, 1.807) is 0 Å². The summed E-state index contributed by atoms with van der Waals surface area (Å²) >= 11 is 6.34. The Morgan fingerprint density at radius 2 is 2.17 bits per heavy atom. The minimum atomic E-state index is -1.01. The van der Waals surface area contributed by atoms with E-state index >= 15 is 0 Å². The minimum Gasteiger partial charge on any atom is -0.480 e. The van der Waals surface area contributed by atoms with E-state index in [1.165, 1.54) is 17.3 Å². The molecule has 4 N–H and O–H groups in total. The van der Waals surface area contributed by atoms with Gasteiger partial charge in [0.15, 0.2) is 0 Å². The predicted octanol–water partition coefficient (Wildman–Crippen LogP) is 1.25. The summed E-state index contributed by atoms with van der Waals surface area (Å²) in [6, 6.07) is 9.20. The maximum absolute atomic E-state index is 10.5. The van der Waals surface area contributed by atoms with Gasteiger partial charge < -0.3 is 16.2 Å². The van der Waals surface area contributed by atoms with Gasteiger partial charge in [0.25, 0.3) is 0 Å². The highest BCUT2D eigenvalue weighted by molar-refractivity contribution is 8.23. The van der Waals surface area contributed by atoms with Gasteiger partial charge in [-0.3, -0.25) is 4.79 Å². The average molecular weight is 286 g/mol. The van der Waals surface area contributed by atoms with E-state index in [0.717, 1.165) is 13.0 Å². The normalized spacial score (nSPS) is 11.8. The lowest BCUT2D eigenvalue weighted by atomic mass is 10.2. The van der Waals surface area contributed by atoms with Gasteiger partial charge in [0.05, 0.1) is 0 Å². The number of thioether (sulfide) groups is 1. The lowest BCUT2D eigenvalue weighted by Crippen LogP contribution is -2.34. The Morgan fingerprint density at radius 3 is 2.78 bits per heavy atom. The number of nitrogens with two attached hydrogens (primary N) is 1. The van der Waals surface area contributed by atoms with Crippen LogP contribution in [-0.2, 0) is 11.2 Å². The van der Waals surface area contributed by atoms with Gasteiger partial charge in [-0.15, -0.1) is 0 Å². The van der Waals surface area contributed by atoms with E-state index < -0.39 is 12.0 Å². The van der Waals surface area contributed by atoms with E-state index in [9.17, 15) is 4.79 Å². The smallest absolute Gasteiger partial charge is 0.321 e. The van der Waals surface area contributed by atoms with Crippen LogP contribution < -0.4 is 11.1 Å². The highest BCUT2D eigenvalue weighted by Crippen LogP contribution is 2.04. The molecule has 1 atom stereocenters. The molecule has 18 heavy (non-hydrogen) atoms. The van der Waals surface area contributed by atoms with Crippen molar-refractivity contribution < 1.29 is 9.90 Å². The zero-order valence-corrected chi connectivity index (χ0v) is 11.5. The summed E-state index contributed by atoms with van der Waals surface area (Å²) in [7, 11) is 0. The van der Waals surface area contributed by atoms with Gasteiger partial charge >= 0.3 is 5.97 Å². The lowest BCUT2D eigenvalue weighted by molar-refractivity contribution is -0.137. The first-order valence-corrected chi connectivity index (χ1v) is 6.92. The van der Waals surface area contributed by atoms with Crippen molar-refractivity contribution in [2.45, 2.75) is 12.5 Å². The fraction of sp³-hybridized carbons (Fsp3) is 0.333. The van der Waals surface area contributed by atoms with Gasteiger partial charge in [-0.05, 0) is 12.0 Å². The number of thiocarbonyl (C=S) groups is 1. The van der Waals surface area contributed by atoms with Gasteiger partial charge in [-0.2, -0.15) is 0 Å². The molecule has 0 aromatic heterocycles. The van der Waals surface area contributed by atoms with Gasteiger partial charge in [0.2, 0.25) is 0 Å². The molecule has 0 aliphatic heterocycles. The molecule has 0 spiro atoms. The quantitative estimate of drug-likeness (QED) is 0.683. The van der Waals surface area contributed by atoms with E-state index in [-0.39, 0.29) is 5.75 Å². The van der Waals surface area contributed by atoms with E-state index in [1.807, 2.05) is 18.2 Å². The van der Waals surface area contributed by atoms with Crippen molar-refractivity contribution in [3.63, 3.8) is 0 Å². The molecule has 0 aliphatic carbocycles. The molecule has 0 unspecified atom stereocenters. The minimum absolute atomic E-state index is 0.284. The molecular weight excluding hydrogens is 270 g/mol. The summed E-state index contributed by atoms with van der Waals surface area (Å²) in [5.41, 5.74) is 6.61. The van der Waals surface area contributed by atoms with Gasteiger partial charge in [-0.25, -0.2) is 0 Å². The van der Waals surface area contributed by atoms with Crippen molar-refractivity contribution >= 4 is 34.3 Å². The van der Waals surface area contributed by atoms with Crippen LogP contribution in [0.25, 0.3) is 0 Å². The van der Waals surface area contributed by atoms with Crippen molar-refractivity contribution in [1.82, 2.24) is 5.32 Å². The van der Waals surface area contributed by atoms with Gasteiger partial charge in [-0.1, -0.05) is 54.3 Å². The highest BCUT2D eigenvalue weighted by Gasteiger charge is 2.12. The van der Waals surface area contributed by atoms with E-state index in [2.05, 4.69) is 17.4 Å². The number of nitrogens with one attached hydrogen (secondary N) is 1. The number of carboxylic acid groups (broad SMARTS) is 1. The fourth-order valence-corrected chi connectivity index (χ4v) is 2.23. The third-order valence-corrected chi connectivity index (χ3v) is 3.67. The number of rotatable bonds is 6. The summed E-state index contributed by atoms with van der Waals surface area (Å²) in [6.07, 6.45) is 0.881. The fourth-order valence-electron chi connectivity index (χ4n) is 1.24. The molecule has 1 rings (SSSR count). The summed E-state index contributed by atoms with van der Waals surface area (Å²) in [6.45, 7) is 0.734. The topological polar surface area (TPSA) is 75.3 Å². The molecule has 1 aromatic rings. The molecule has 98 valence electrons. The molecule has 1 aromatic carbocycles. The number of hydrogen-bond donors (Lipinski definition) is 3. The van der Waals surface area contributed by atoms with Gasteiger partial charge in [0.1, 0.15) is 10.4 Å². The Bertz CT molecular complexity index is 398. The van der Waals surface area contributed by atoms with E-state index in [0.29, 0.717) is 4.32 Å². The Balaban J connectivity index is 2.16. The summed E-state index contributed by atoms with van der Waals surface area (Å²) in [5, 5.41) is 11.7. The van der Waals surface area contributed by atoms with Crippen LogP contribution >= 0.6 is 24.0 Å². The van der Waals surface area contributed by atoms with Crippen molar-refractivity contribution in [3.05, 3.63) is 35.9 Å². The molecule has 6 heteroatoms. The first-order chi connectivity index (χ1) is 8.59. The zero-order valence-electron chi connectivity index (χ0n) is 9.83. The molecule has 0 amide bonds. The lowest BCUT2D eigenvalue weighted by Gasteiger charge is -2.09. The number of aliphatic carboxylic acids is 1. The number of hydrogen-bond acceptors (Lipinski definition) is 4. The van der Waals surface area contributed by atoms with Gasteiger partial charge in [0, 0.05) is 12.3 Å². The summed E-state index contributed by atoms with van der Waals surface area (Å²) in [4.78, 5) is 10.5. The van der Waals surface area contributed by atoms with Crippen molar-refractivity contribution in [2.75, 3.05) is 12.3 Å². The Morgan fingerprint density at radius 1 is 1.50 bits per heavy atom. The number of benzene rings is 1. The Kier molecular flexibility index (Phi) is 6.70. The molecule has 0 saturated heterocycles. The van der Waals surface area contributed by atoms with Crippen molar-refractivity contribution in [1.29, 1.82) is 0 Å². The second-order valence-electron chi connectivity index (χ2n) is 3.71. The Hall–Kier alpha value is -1.11. The van der Waals surface area contributed by atoms with Crippen LogP contribution in [0, 0.1) is 0 Å². The largest absolute Gasteiger partial charge is 0.480 e. The summed E-state index contributed by atoms with van der Waals surface area (Å²) in [5.74, 6) is -0.721. The van der Waals surface area contributed by atoms with Crippen LogP contribution in [0.3, 0.4) is 0 Å². The average Bonchev–Trinajstić information content (AvgIpc) is 2.37. The number of carboxylic acids is 1. The van der Waals surface area contributed by atoms with Crippen molar-refractivity contribution in [3.8, 4) is 0 Å². The zero-order chi connectivity index (χ0) is 13.4. The van der Waals surface area contributed by atoms with E-state index in [4.69, 9.17) is 23.1 Å². The third kappa shape index (κ3) is 6.00. The Labute approximate surface area is 116 Å². The molecule has 0 fully saturated rings. The van der Waals surface area contributed by atoms with Crippen LogP contribution in [-0.4, -0.2) is 33.7 Å². The molecular formula is C12H16N2O2S2. The molecule has 0 radical (unpaired) electrons. The maximum atomic E-state index is 10.5. The van der Waals surface area contributed by atoms with Crippen LogP contribution in [0.5, 0.6) is 0 Å². The molecule has 0 heterocycles. The maximum Gasteiger partial charge on any atom is 0.321 e. The first kappa shape index (κ1) is 14.9. The van der Waals surface area contributed by atoms with Crippen LogP contribution in [0.2, 0.25) is 0 Å². The molecule has 0 bridgehead atoms. The van der Waals surface area contributed by atoms with Crippen molar-refractivity contribution in [2.24, 2.45) is 5.73 Å². The van der Waals surface area contributed by atoms with Crippen LogP contribution in [0.1, 0.15) is 5.56 Å².